The summed E-state index contributed by atoms with van der Waals surface area (Å²) in [5.74, 6) is 5.62. The first kappa shape index (κ1) is 22.5. The molecule has 1 amide bonds. The molecular formula is C20H25N7O3S. The fourth-order valence-electron chi connectivity index (χ4n) is 3.25. The highest BCUT2D eigenvalue weighted by atomic mass is 32.2. The van der Waals surface area contributed by atoms with E-state index in [1.807, 2.05) is 6.92 Å². The molecule has 1 aromatic carbocycles. The van der Waals surface area contributed by atoms with Gasteiger partial charge in [0.15, 0.2) is 21.3 Å². The van der Waals surface area contributed by atoms with Gasteiger partial charge in [-0.2, -0.15) is 4.98 Å². The standard InChI is InChI=1S/C20H25N7O3S/c1-3-4-11-27-12-5-6-15(13-27)23-20-24-19(17(18(21)28)25-26-20)22-14-7-9-16(10-8-14)31(2,29)30/h7-10,15H,5-6,11-13H2,1-2H3,(H2,21,28)(H2,22,23,24,26)/t15-/m1/s1. The van der Waals surface area contributed by atoms with Gasteiger partial charge in [-0.25, -0.2) is 8.42 Å². The Hall–Kier alpha value is -3.23. The number of nitrogens with zero attached hydrogens (tertiary/aromatic N) is 4. The molecule has 1 saturated heterocycles. The van der Waals surface area contributed by atoms with Crippen LogP contribution in [0.1, 0.15) is 30.3 Å². The number of benzene rings is 1. The molecule has 1 aromatic heterocycles. The van der Waals surface area contributed by atoms with Gasteiger partial charge in [0.2, 0.25) is 5.95 Å². The fourth-order valence-corrected chi connectivity index (χ4v) is 3.88. The average Bonchev–Trinajstić information content (AvgIpc) is 2.72. The van der Waals surface area contributed by atoms with Crippen LogP contribution in [0.15, 0.2) is 29.2 Å². The van der Waals surface area contributed by atoms with Gasteiger partial charge in [-0.3, -0.25) is 9.69 Å². The zero-order valence-electron chi connectivity index (χ0n) is 17.4. The number of carbonyl (C=O) groups excluding carboxylic acids is 1. The Balaban J connectivity index is 1.77. The van der Waals surface area contributed by atoms with Crippen molar-refractivity contribution >= 4 is 33.2 Å². The van der Waals surface area contributed by atoms with Gasteiger partial charge in [0, 0.05) is 24.5 Å². The van der Waals surface area contributed by atoms with Crippen LogP contribution in [0.3, 0.4) is 0 Å². The number of primary amides is 1. The third kappa shape index (κ3) is 6.13. The Morgan fingerprint density at radius 1 is 1.29 bits per heavy atom. The lowest BCUT2D eigenvalue weighted by molar-refractivity contribution is 0.0995. The third-order valence-corrected chi connectivity index (χ3v) is 5.91. The molecule has 2 aromatic rings. The van der Waals surface area contributed by atoms with Crippen molar-refractivity contribution in [3.8, 4) is 11.8 Å². The molecule has 1 aliphatic heterocycles. The minimum Gasteiger partial charge on any atom is -0.364 e. The molecule has 0 spiro atoms. The Morgan fingerprint density at radius 2 is 2.03 bits per heavy atom. The van der Waals surface area contributed by atoms with E-state index in [1.54, 1.807) is 12.1 Å². The Labute approximate surface area is 181 Å². The second-order valence-corrected chi connectivity index (χ2v) is 9.28. The van der Waals surface area contributed by atoms with E-state index in [9.17, 15) is 13.2 Å². The van der Waals surface area contributed by atoms with Crippen molar-refractivity contribution in [1.82, 2.24) is 20.1 Å². The quantitative estimate of drug-likeness (QED) is 0.534. The largest absolute Gasteiger partial charge is 0.364 e. The van der Waals surface area contributed by atoms with E-state index >= 15 is 0 Å². The molecule has 1 atom stereocenters. The maximum atomic E-state index is 11.8. The van der Waals surface area contributed by atoms with E-state index in [4.69, 9.17) is 5.73 Å². The normalized spacial score (nSPS) is 16.8. The lowest BCUT2D eigenvalue weighted by atomic mass is 10.1. The molecule has 10 nitrogen and oxygen atoms in total. The summed E-state index contributed by atoms with van der Waals surface area (Å²) in [6.07, 6.45) is 3.11. The minimum absolute atomic E-state index is 0.110. The molecule has 0 bridgehead atoms. The van der Waals surface area contributed by atoms with Crippen molar-refractivity contribution in [2.45, 2.75) is 30.7 Å². The number of aromatic nitrogens is 3. The second kappa shape index (κ2) is 9.72. The number of piperidine rings is 1. The first-order chi connectivity index (χ1) is 14.8. The SMILES string of the molecule is CC#CCN1CCC[C@@H](Nc2nnc(C(N)=O)c(Nc3ccc(S(C)(=O)=O)cc3)n2)C1. The highest BCUT2D eigenvalue weighted by Crippen LogP contribution is 2.21. The number of nitrogens with one attached hydrogen (secondary N) is 2. The summed E-state index contributed by atoms with van der Waals surface area (Å²) < 4.78 is 23.3. The van der Waals surface area contributed by atoms with Crippen molar-refractivity contribution in [1.29, 1.82) is 0 Å². The van der Waals surface area contributed by atoms with E-state index in [0.717, 1.165) is 32.2 Å². The van der Waals surface area contributed by atoms with Crippen LogP contribution < -0.4 is 16.4 Å². The topological polar surface area (TPSA) is 143 Å². The van der Waals surface area contributed by atoms with Crippen LogP contribution in [0.2, 0.25) is 0 Å². The molecule has 11 heteroatoms. The van der Waals surface area contributed by atoms with Crippen molar-refractivity contribution in [3.05, 3.63) is 30.0 Å². The fraction of sp³-hybridized carbons (Fsp3) is 0.400. The number of nitrogens with two attached hydrogens (primary N) is 1. The molecule has 0 aliphatic carbocycles. The Morgan fingerprint density at radius 3 is 2.68 bits per heavy atom. The predicted octanol–water partition coefficient (Wildman–Crippen LogP) is 1.02. The van der Waals surface area contributed by atoms with E-state index < -0.39 is 15.7 Å². The molecule has 1 aliphatic rings. The smallest absolute Gasteiger partial charge is 0.273 e. The van der Waals surface area contributed by atoms with E-state index in [-0.39, 0.29) is 28.4 Å². The maximum Gasteiger partial charge on any atom is 0.273 e. The van der Waals surface area contributed by atoms with Crippen molar-refractivity contribution < 1.29 is 13.2 Å². The first-order valence-electron chi connectivity index (χ1n) is 9.76. The number of sulfone groups is 1. The van der Waals surface area contributed by atoms with Crippen LogP contribution >= 0.6 is 0 Å². The van der Waals surface area contributed by atoms with E-state index in [0.29, 0.717) is 12.2 Å². The summed E-state index contributed by atoms with van der Waals surface area (Å²) in [7, 11) is -3.31. The molecule has 0 saturated carbocycles. The number of carbonyl (C=O) groups is 1. The van der Waals surface area contributed by atoms with Gasteiger partial charge < -0.3 is 16.4 Å². The van der Waals surface area contributed by atoms with Crippen LogP contribution in [0.25, 0.3) is 0 Å². The molecule has 0 radical (unpaired) electrons. The summed E-state index contributed by atoms with van der Waals surface area (Å²) in [5.41, 5.74) is 5.83. The number of hydrogen-bond acceptors (Lipinski definition) is 9. The van der Waals surface area contributed by atoms with Gasteiger partial charge >= 0.3 is 0 Å². The summed E-state index contributed by atoms with van der Waals surface area (Å²) in [5, 5.41) is 14.1. The number of amides is 1. The third-order valence-electron chi connectivity index (χ3n) is 4.78. The van der Waals surface area contributed by atoms with Gasteiger partial charge in [-0.05, 0) is 50.6 Å². The van der Waals surface area contributed by atoms with Gasteiger partial charge in [-0.1, -0.05) is 5.92 Å². The van der Waals surface area contributed by atoms with Gasteiger partial charge in [-0.15, -0.1) is 16.1 Å². The van der Waals surface area contributed by atoms with Gasteiger partial charge in [0.25, 0.3) is 5.91 Å². The molecule has 3 rings (SSSR count). The van der Waals surface area contributed by atoms with E-state index in [2.05, 4.69) is 42.6 Å². The van der Waals surface area contributed by atoms with Gasteiger partial charge in [0.05, 0.1) is 11.4 Å². The average molecular weight is 444 g/mol. The van der Waals surface area contributed by atoms with E-state index in [1.165, 1.54) is 12.1 Å². The van der Waals surface area contributed by atoms with Crippen LogP contribution in [-0.2, 0) is 9.84 Å². The number of rotatable bonds is 7. The number of anilines is 3. The van der Waals surface area contributed by atoms with Crippen molar-refractivity contribution in [2.24, 2.45) is 5.73 Å². The van der Waals surface area contributed by atoms with Crippen LogP contribution in [-0.4, -0.2) is 66.3 Å². The molecule has 1 fully saturated rings. The molecule has 164 valence electrons. The van der Waals surface area contributed by atoms with Crippen LogP contribution in [0, 0.1) is 11.8 Å². The summed E-state index contributed by atoms with van der Waals surface area (Å²) in [6, 6.07) is 6.19. The minimum atomic E-state index is -3.31. The molecule has 4 N–H and O–H groups in total. The molecule has 2 heterocycles. The molecule has 0 unspecified atom stereocenters. The predicted molar refractivity (Wildman–Crippen MR) is 118 cm³/mol. The van der Waals surface area contributed by atoms with Crippen LogP contribution in [0.4, 0.5) is 17.5 Å². The zero-order chi connectivity index (χ0) is 22.4. The lowest BCUT2D eigenvalue weighted by Gasteiger charge is -2.31. The molecular weight excluding hydrogens is 418 g/mol. The van der Waals surface area contributed by atoms with Gasteiger partial charge in [0.1, 0.15) is 0 Å². The summed E-state index contributed by atoms with van der Waals surface area (Å²) >= 11 is 0. The summed E-state index contributed by atoms with van der Waals surface area (Å²) in [6.45, 7) is 4.32. The highest BCUT2D eigenvalue weighted by Gasteiger charge is 2.21. The summed E-state index contributed by atoms with van der Waals surface area (Å²) in [4.78, 5) is 18.6. The highest BCUT2D eigenvalue weighted by molar-refractivity contribution is 7.90. The second-order valence-electron chi connectivity index (χ2n) is 7.26. The Kier molecular flexibility index (Phi) is 7.04. The number of likely N-dealkylation sites (tertiary alicyclic amines) is 1. The monoisotopic (exact) mass is 443 g/mol. The lowest BCUT2D eigenvalue weighted by Crippen LogP contribution is -2.42. The van der Waals surface area contributed by atoms with Crippen LogP contribution in [0.5, 0.6) is 0 Å². The van der Waals surface area contributed by atoms with Crippen molar-refractivity contribution in [2.75, 3.05) is 36.5 Å². The Bertz CT molecular complexity index is 1110. The number of hydrogen-bond donors (Lipinski definition) is 3. The van der Waals surface area contributed by atoms with Crippen molar-refractivity contribution in [3.63, 3.8) is 0 Å². The maximum absolute atomic E-state index is 11.8. The zero-order valence-corrected chi connectivity index (χ0v) is 18.2. The molecule has 31 heavy (non-hydrogen) atoms. The first-order valence-corrected chi connectivity index (χ1v) is 11.7.